The number of allylic oxidation sites excluding steroid dienone is 1. The third kappa shape index (κ3) is 2.89. The Bertz CT molecular complexity index is 2220. The topological polar surface area (TPSA) is 0 Å². The van der Waals surface area contributed by atoms with E-state index in [1.807, 2.05) is 0 Å². The van der Waals surface area contributed by atoms with Gasteiger partial charge < -0.3 is 0 Å². The molecule has 0 bridgehead atoms. The van der Waals surface area contributed by atoms with E-state index < -0.39 is 0 Å². The van der Waals surface area contributed by atoms with E-state index in [-0.39, 0.29) is 0 Å². The van der Waals surface area contributed by atoms with Crippen LogP contribution in [-0.2, 0) is 6.42 Å². The van der Waals surface area contributed by atoms with Crippen LogP contribution in [0.3, 0.4) is 0 Å². The average molecular weight is 493 g/mol. The van der Waals surface area contributed by atoms with Crippen LogP contribution in [-0.4, -0.2) is 0 Å². The third-order valence-corrected chi connectivity index (χ3v) is 8.82. The first-order valence-corrected chi connectivity index (χ1v) is 13.7. The quantitative estimate of drug-likeness (QED) is 0.166. The fourth-order valence-electron chi connectivity index (χ4n) is 7.16. The van der Waals surface area contributed by atoms with Crippen molar-refractivity contribution in [2.45, 2.75) is 6.42 Å². The molecule has 0 unspecified atom stereocenters. The highest BCUT2D eigenvalue weighted by Gasteiger charge is 2.22. The molecule has 1 aliphatic rings. The second-order valence-electron chi connectivity index (χ2n) is 10.9. The molecule has 0 spiro atoms. The fourth-order valence-corrected chi connectivity index (χ4v) is 7.16. The standard InChI is InChI=1S/C39H24/c1-2-9-28-23-29(22-27(28)8-1)37-30-12-3-5-14-32(30)39(33-15-6-4-13-31(33)37)35-21-19-26-17-16-24-10-7-11-25-18-20-34(35)38(26)36(24)25/h1-22H,23H2. The van der Waals surface area contributed by atoms with E-state index in [9.17, 15) is 0 Å². The van der Waals surface area contributed by atoms with E-state index in [1.165, 1.54) is 87.3 Å². The van der Waals surface area contributed by atoms with E-state index in [1.54, 1.807) is 0 Å². The summed E-state index contributed by atoms with van der Waals surface area (Å²) in [6, 6.07) is 47.3. The van der Waals surface area contributed by atoms with Gasteiger partial charge in [-0.15, -0.1) is 0 Å². The third-order valence-electron chi connectivity index (χ3n) is 8.82. The molecule has 0 nitrogen and oxygen atoms in total. The molecule has 0 saturated carbocycles. The van der Waals surface area contributed by atoms with Crippen LogP contribution in [0.4, 0.5) is 0 Å². The van der Waals surface area contributed by atoms with E-state index in [4.69, 9.17) is 0 Å². The molecular weight excluding hydrogens is 468 g/mol. The Labute approximate surface area is 226 Å². The van der Waals surface area contributed by atoms with Gasteiger partial charge in [-0.1, -0.05) is 133 Å². The van der Waals surface area contributed by atoms with E-state index in [0.717, 1.165) is 6.42 Å². The molecular formula is C39H24. The number of rotatable bonds is 2. The van der Waals surface area contributed by atoms with Crippen LogP contribution >= 0.6 is 0 Å². The predicted molar refractivity (Wildman–Crippen MR) is 169 cm³/mol. The zero-order valence-corrected chi connectivity index (χ0v) is 21.4. The molecule has 0 heterocycles. The van der Waals surface area contributed by atoms with Crippen molar-refractivity contribution in [3.8, 4) is 11.1 Å². The van der Waals surface area contributed by atoms with Crippen LogP contribution in [0.2, 0.25) is 0 Å². The molecule has 0 fully saturated rings. The minimum absolute atomic E-state index is 0.974. The van der Waals surface area contributed by atoms with Crippen molar-refractivity contribution < 1.29 is 0 Å². The summed E-state index contributed by atoms with van der Waals surface area (Å²) < 4.78 is 0. The predicted octanol–water partition coefficient (Wildman–Crippen LogP) is 10.7. The summed E-state index contributed by atoms with van der Waals surface area (Å²) in [6.45, 7) is 0. The normalized spacial score (nSPS) is 13.2. The lowest BCUT2D eigenvalue weighted by Crippen LogP contribution is -1.95. The molecule has 8 aromatic carbocycles. The Morgan fingerprint density at radius 3 is 1.64 bits per heavy atom. The molecule has 0 atom stereocenters. The lowest BCUT2D eigenvalue weighted by atomic mass is 9.83. The highest BCUT2D eigenvalue weighted by atomic mass is 14.3. The molecule has 0 heteroatoms. The molecule has 0 aliphatic heterocycles. The number of fused-ring (bicyclic) bond motifs is 3. The van der Waals surface area contributed by atoms with Gasteiger partial charge in [0.2, 0.25) is 0 Å². The van der Waals surface area contributed by atoms with Crippen molar-refractivity contribution in [2.24, 2.45) is 0 Å². The second kappa shape index (κ2) is 7.79. The zero-order chi connectivity index (χ0) is 25.5. The zero-order valence-electron chi connectivity index (χ0n) is 21.4. The van der Waals surface area contributed by atoms with Gasteiger partial charge in [0.05, 0.1) is 0 Å². The molecule has 1 aliphatic carbocycles. The van der Waals surface area contributed by atoms with E-state index in [0.29, 0.717) is 0 Å². The molecule has 0 amide bonds. The van der Waals surface area contributed by atoms with Gasteiger partial charge in [0, 0.05) is 0 Å². The van der Waals surface area contributed by atoms with Crippen LogP contribution in [0.25, 0.3) is 76.6 Å². The molecule has 9 rings (SSSR count). The summed E-state index contributed by atoms with van der Waals surface area (Å²) in [4.78, 5) is 0. The van der Waals surface area contributed by atoms with Crippen LogP contribution < -0.4 is 0 Å². The minimum atomic E-state index is 0.974. The van der Waals surface area contributed by atoms with E-state index in [2.05, 4.69) is 133 Å². The lowest BCUT2D eigenvalue weighted by Gasteiger charge is -2.20. The highest BCUT2D eigenvalue weighted by molar-refractivity contribution is 6.29. The summed E-state index contributed by atoms with van der Waals surface area (Å²) in [6.07, 6.45) is 3.38. The lowest BCUT2D eigenvalue weighted by molar-refractivity contribution is 1.33. The van der Waals surface area contributed by atoms with Crippen molar-refractivity contribution >= 4 is 65.5 Å². The monoisotopic (exact) mass is 492 g/mol. The molecule has 8 aromatic rings. The highest BCUT2D eigenvalue weighted by Crippen LogP contribution is 2.47. The SMILES string of the molecule is C1=C(c2c3ccccc3c(-c3ccc4ccc5cccc6ccc3c4c56)c3ccccc23)Cc2ccccc21. The summed E-state index contributed by atoms with van der Waals surface area (Å²) in [5.74, 6) is 0. The Morgan fingerprint density at radius 2 is 0.949 bits per heavy atom. The van der Waals surface area contributed by atoms with Gasteiger partial charge in [-0.3, -0.25) is 0 Å². The fraction of sp³-hybridized carbons (Fsp3) is 0.0256. The van der Waals surface area contributed by atoms with E-state index >= 15 is 0 Å². The Morgan fingerprint density at radius 1 is 0.385 bits per heavy atom. The Kier molecular flexibility index (Phi) is 4.20. The molecule has 180 valence electrons. The maximum Gasteiger partial charge on any atom is -0.00132 e. The van der Waals surface area contributed by atoms with Gasteiger partial charge in [-0.25, -0.2) is 0 Å². The van der Waals surface area contributed by atoms with Crippen LogP contribution in [0.1, 0.15) is 16.7 Å². The van der Waals surface area contributed by atoms with Gasteiger partial charge in [0.25, 0.3) is 0 Å². The molecule has 0 N–H and O–H groups in total. The van der Waals surface area contributed by atoms with Gasteiger partial charge in [-0.05, 0) is 93.7 Å². The summed E-state index contributed by atoms with van der Waals surface area (Å²) in [5, 5.41) is 13.3. The van der Waals surface area contributed by atoms with Gasteiger partial charge in [-0.2, -0.15) is 0 Å². The van der Waals surface area contributed by atoms with Crippen molar-refractivity contribution in [3.05, 3.63) is 144 Å². The van der Waals surface area contributed by atoms with Crippen molar-refractivity contribution in [1.82, 2.24) is 0 Å². The first kappa shape index (κ1) is 21.0. The minimum Gasteiger partial charge on any atom is -0.0619 e. The van der Waals surface area contributed by atoms with Crippen LogP contribution in [0.5, 0.6) is 0 Å². The first-order valence-electron chi connectivity index (χ1n) is 13.7. The number of hydrogen-bond acceptors (Lipinski definition) is 0. The molecule has 0 radical (unpaired) electrons. The van der Waals surface area contributed by atoms with Crippen LogP contribution in [0.15, 0.2) is 127 Å². The largest absolute Gasteiger partial charge is 0.0619 e. The van der Waals surface area contributed by atoms with Crippen molar-refractivity contribution in [1.29, 1.82) is 0 Å². The number of benzene rings is 8. The summed E-state index contributed by atoms with van der Waals surface area (Å²) in [5.41, 5.74) is 8.18. The number of hydrogen-bond donors (Lipinski definition) is 0. The first-order chi connectivity index (χ1) is 19.3. The van der Waals surface area contributed by atoms with Gasteiger partial charge in [0.15, 0.2) is 0 Å². The average Bonchev–Trinajstić information content (AvgIpc) is 3.42. The smallest absolute Gasteiger partial charge is 0.00132 e. The summed E-state index contributed by atoms with van der Waals surface area (Å²) in [7, 11) is 0. The maximum absolute atomic E-state index is 2.40. The molecule has 0 aromatic heterocycles. The van der Waals surface area contributed by atoms with Gasteiger partial charge in [0.1, 0.15) is 0 Å². The summed E-state index contributed by atoms with van der Waals surface area (Å²) >= 11 is 0. The van der Waals surface area contributed by atoms with Crippen molar-refractivity contribution in [3.63, 3.8) is 0 Å². The Balaban J connectivity index is 1.42. The maximum atomic E-state index is 2.40. The van der Waals surface area contributed by atoms with Crippen molar-refractivity contribution in [2.75, 3.05) is 0 Å². The molecule has 39 heavy (non-hydrogen) atoms. The van der Waals surface area contributed by atoms with Crippen LogP contribution in [0, 0.1) is 0 Å². The van der Waals surface area contributed by atoms with Gasteiger partial charge >= 0.3 is 0 Å². The molecule has 0 saturated heterocycles. The second-order valence-corrected chi connectivity index (χ2v) is 10.9. The Hall–Kier alpha value is -4.94.